The van der Waals surface area contributed by atoms with E-state index in [-0.39, 0.29) is 6.09 Å². The number of benzene rings is 1. The summed E-state index contributed by atoms with van der Waals surface area (Å²) < 4.78 is 11.3. The van der Waals surface area contributed by atoms with Crippen LogP contribution in [0.2, 0.25) is 0 Å². The van der Waals surface area contributed by atoms with Gasteiger partial charge in [0.2, 0.25) is 5.88 Å². The van der Waals surface area contributed by atoms with E-state index < -0.39 is 5.60 Å². The molecule has 3 heterocycles. The van der Waals surface area contributed by atoms with Crippen molar-refractivity contribution >= 4 is 11.9 Å². The Hall–Kier alpha value is -2.83. The van der Waals surface area contributed by atoms with Crippen LogP contribution in [0.5, 0.6) is 5.88 Å². The lowest BCUT2D eigenvalue weighted by molar-refractivity contribution is 0.0282. The monoisotopic (exact) mass is 396 g/mol. The van der Waals surface area contributed by atoms with Crippen LogP contribution in [-0.2, 0) is 11.3 Å². The molecule has 0 saturated carbocycles. The van der Waals surface area contributed by atoms with Crippen molar-refractivity contribution in [3.63, 3.8) is 0 Å². The molecule has 2 atom stereocenters. The maximum atomic E-state index is 12.3. The Kier molecular flexibility index (Phi) is 5.30. The van der Waals surface area contributed by atoms with Crippen LogP contribution < -0.4 is 9.64 Å². The second-order valence-electron chi connectivity index (χ2n) is 8.80. The fourth-order valence-electron chi connectivity index (χ4n) is 3.95. The first kappa shape index (κ1) is 19.5. The smallest absolute Gasteiger partial charge is 0.410 e. The van der Waals surface area contributed by atoms with E-state index in [0.29, 0.717) is 24.3 Å². The molecule has 1 aromatic carbocycles. The molecule has 154 valence electrons. The molecule has 0 unspecified atom stereocenters. The first-order valence-corrected chi connectivity index (χ1v) is 10.1. The van der Waals surface area contributed by atoms with Crippen molar-refractivity contribution < 1.29 is 14.3 Å². The third kappa shape index (κ3) is 4.78. The molecule has 4 rings (SSSR count). The van der Waals surface area contributed by atoms with Crippen molar-refractivity contribution in [2.24, 2.45) is 11.8 Å². The molecule has 1 amide bonds. The number of anilines is 1. The number of rotatable bonds is 4. The molecule has 0 N–H and O–H groups in total. The van der Waals surface area contributed by atoms with Crippen LogP contribution in [0.25, 0.3) is 0 Å². The average molecular weight is 396 g/mol. The van der Waals surface area contributed by atoms with Crippen LogP contribution >= 0.6 is 0 Å². The highest BCUT2D eigenvalue weighted by atomic mass is 16.6. The largest absolute Gasteiger partial charge is 0.472 e. The van der Waals surface area contributed by atoms with Crippen molar-refractivity contribution in [2.45, 2.75) is 33.0 Å². The summed E-state index contributed by atoms with van der Waals surface area (Å²) in [7, 11) is 0. The number of carbonyl (C=O) groups excluding carboxylic acids is 1. The van der Waals surface area contributed by atoms with Gasteiger partial charge in [-0.2, -0.15) is 4.98 Å². The molecule has 7 nitrogen and oxygen atoms in total. The molecular weight excluding hydrogens is 368 g/mol. The molecule has 2 fully saturated rings. The van der Waals surface area contributed by atoms with E-state index in [4.69, 9.17) is 9.47 Å². The Morgan fingerprint density at radius 3 is 2.41 bits per heavy atom. The average Bonchev–Trinajstić information content (AvgIpc) is 3.25. The number of fused-ring (bicyclic) bond motifs is 1. The van der Waals surface area contributed by atoms with Gasteiger partial charge >= 0.3 is 6.09 Å². The lowest BCUT2D eigenvalue weighted by Crippen LogP contribution is -2.37. The summed E-state index contributed by atoms with van der Waals surface area (Å²) in [5.74, 6) is 2.21. The van der Waals surface area contributed by atoms with Gasteiger partial charge in [-0.15, -0.1) is 0 Å². The summed E-state index contributed by atoms with van der Waals surface area (Å²) in [6.45, 7) is 9.34. The van der Waals surface area contributed by atoms with Crippen molar-refractivity contribution in [3.05, 3.63) is 48.3 Å². The lowest BCUT2D eigenvalue weighted by Gasteiger charge is -2.26. The zero-order valence-corrected chi connectivity index (χ0v) is 17.2. The van der Waals surface area contributed by atoms with Gasteiger partial charge in [-0.3, -0.25) is 4.98 Å². The number of aromatic nitrogens is 2. The molecule has 1 aromatic heterocycles. The molecule has 2 aliphatic heterocycles. The Balaban J connectivity index is 1.33. The highest BCUT2D eigenvalue weighted by Gasteiger charge is 2.43. The molecule has 29 heavy (non-hydrogen) atoms. The number of ether oxygens (including phenoxy) is 2. The van der Waals surface area contributed by atoms with Crippen LogP contribution in [0.3, 0.4) is 0 Å². The van der Waals surface area contributed by atoms with Gasteiger partial charge in [0.1, 0.15) is 12.2 Å². The summed E-state index contributed by atoms with van der Waals surface area (Å²) in [4.78, 5) is 25.3. The van der Waals surface area contributed by atoms with Gasteiger partial charge in [-0.25, -0.2) is 4.79 Å². The van der Waals surface area contributed by atoms with Gasteiger partial charge in [0.15, 0.2) is 5.82 Å². The van der Waals surface area contributed by atoms with Gasteiger partial charge in [-0.05, 0) is 26.3 Å². The van der Waals surface area contributed by atoms with E-state index in [1.165, 1.54) is 0 Å². The van der Waals surface area contributed by atoms with E-state index in [1.807, 2.05) is 56.0 Å². The van der Waals surface area contributed by atoms with E-state index in [2.05, 4.69) is 14.9 Å². The molecule has 7 heteroatoms. The van der Waals surface area contributed by atoms with Crippen molar-refractivity contribution in [2.75, 3.05) is 31.1 Å². The summed E-state index contributed by atoms with van der Waals surface area (Å²) >= 11 is 0. The van der Waals surface area contributed by atoms with Gasteiger partial charge < -0.3 is 19.3 Å². The second-order valence-corrected chi connectivity index (χ2v) is 8.80. The highest BCUT2D eigenvalue weighted by Crippen LogP contribution is 2.34. The molecule has 0 spiro atoms. The predicted octanol–water partition coefficient (Wildman–Crippen LogP) is 3.36. The van der Waals surface area contributed by atoms with Crippen LogP contribution in [0.4, 0.5) is 10.6 Å². The third-order valence-corrected chi connectivity index (χ3v) is 5.29. The summed E-state index contributed by atoms with van der Waals surface area (Å²) in [5, 5.41) is 0. The number of likely N-dealkylation sites (tertiary alicyclic amines) is 1. The minimum Gasteiger partial charge on any atom is -0.472 e. The number of carbonyl (C=O) groups is 1. The SMILES string of the molecule is CC(C)(C)OC(=O)N1C[C@@H]2CN(c3cncc(OCc4ccccc4)n3)C[C@@H]2C1. The van der Waals surface area contributed by atoms with Crippen molar-refractivity contribution in [1.29, 1.82) is 0 Å². The van der Waals surface area contributed by atoms with Crippen molar-refractivity contribution in [3.8, 4) is 5.88 Å². The third-order valence-electron chi connectivity index (χ3n) is 5.29. The van der Waals surface area contributed by atoms with Gasteiger partial charge in [-0.1, -0.05) is 30.3 Å². The normalized spacial score (nSPS) is 21.2. The molecule has 2 saturated heterocycles. The van der Waals surface area contributed by atoms with Crippen LogP contribution in [0.1, 0.15) is 26.3 Å². The number of hydrogen-bond acceptors (Lipinski definition) is 6. The van der Waals surface area contributed by atoms with Crippen molar-refractivity contribution in [1.82, 2.24) is 14.9 Å². The molecule has 2 aromatic rings. The number of amides is 1. The van der Waals surface area contributed by atoms with Crippen LogP contribution in [-0.4, -0.2) is 52.7 Å². The van der Waals surface area contributed by atoms with E-state index in [0.717, 1.165) is 37.6 Å². The summed E-state index contributed by atoms with van der Waals surface area (Å²) in [6, 6.07) is 10.0. The molecule has 0 bridgehead atoms. The van der Waals surface area contributed by atoms with E-state index in [1.54, 1.807) is 12.4 Å². The standard InChI is InChI=1S/C22H28N4O3/c1-22(2,3)29-21(27)26-13-17-11-25(12-18(17)14-26)19-9-23-10-20(24-19)28-15-16-7-5-4-6-8-16/h4-10,17-18H,11-15H2,1-3H3/t17-,18+. The highest BCUT2D eigenvalue weighted by molar-refractivity contribution is 5.68. The van der Waals surface area contributed by atoms with Gasteiger partial charge in [0, 0.05) is 38.0 Å². The Bertz CT molecular complexity index is 839. The number of nitrogens with zero attached hydrogens (tertiary/aromatic N) is 4. The Labute approximate surface area is 171 Å². The summed E-state index contributed by atoms with van der Waals surface area (Å²) in [6.07, 6.45) is 3.21. The van der Waals surface area contributed by atoms with Crippen LogP contribution in [0.15, 0.2) is 42.7 Å². The molecule has 0 radical (unpaired) electrons. The first-order chi connectivity index (χ1) is 13.9. The minimum absolute atomic E-state index is 0.213. The Morgan fingerprint density at radius 2 is 1.76 bits per heavy atom. The quantitative estimate of drug-likeness (QED) is 0.789. The van der Waals surface area contributed by atoms with Crippen LogP contribution in [0, 0.1) is 11.8 Å². The second kappa shape index (κ2) is 7.89. The minimum atomic E-state index is -0.462. The van der Waals surface area contributed by atoms with E-state index in [9.17, 15) is 4.79 Å². The maximum Gasteiger partial charge on any atom is 0.410 e. The first-order valence-electron chi connectivity index (χ1n) is 10.1. The zero-order valence-electron chi connectivity index (χ0n) is 17.2. The lowest BCUT2D eigenvalue weighted by atomic mass is 10.0. The maximum absolute atomic E-state index is 12.3. The molecule has 0 aliphatic carbocycles. The van der Waals surface area contributed by atoms with Gasteiger partial charge in [0.05, 0.1) is 12.4 Å². The summed E-state index contributed by atoms with van der Waals surface area (Å²) in [5.41, 5.74) is 0.633. The Morgan fingerprint density at radius 1 is 1.07 bits per heavy atom. The van der Waals surface area contributed by atoms with E-state index >= 15 is 0 Å². The zero-order chi connectivity index (χ0) is 20.4. The molecular formula is C22H28N4O3. The topological polar surface area (TPSA) is 67.8 Å². The van der Waals surface area contributed by atoms with Gasteiger partial charge in [0.25, 0.3) is 0 Å². The fourth-order valence-corrected chi connectivity index (χ4v) is 3.95. The predicted molar refractivity (Wildman–Crippen MR) is 110 cm³/mol. The number of hydrogen-bond donors (Lipinski definition) is 0. The fraction of sp³-hybridized carbons (Fsp3) is 0.500. The molecule has 2 aliphatic rings.